The lowest BCUT2D eigenvalue weighted by molar-refractivity contribution is -0.118. The van der Waals surface area contributed by atoms with Crippen LogP contribution in [0.4, 0.5) is 0 Å². The van der Waals surface area contributed by atoms with Crippen molar-refractivity contribution in [3.05, 3.63) is 35.2 Å². The van der Waals surface area contributed by atoms with Crippen LogP contribution in [-0.4, -0.2) is 5.78 Å². The molecule has 2 heteroatoms. The van der Waals surface area contributed by atoms with Crippen LogP contribution in [0.25, 0.3) is 10.1 Å². The predicted molar refractivity (Wildman–Crippen MR) is 63.4 cm³/mol. The number of hydrogen-bond acceptors (Lipinski definition) is 2. The second-order valence-electron chi connectivity index (χ2n) is 4.10. The molecule has 1 aromatic carbocycles. The van der Waals surface area contributed by atoms with Gasteiger partial charge in [0.15, 0.2) is 0 Å². The van der Waals surface area contributed by atoms with Crippen LogP contribution in [0.15, 0.2) is 29.6 Å². The van der Waals surface area contributed by atoms with Crippen LogP contribution in [0.2, 0.25) is 0 Å². The Labute approximate surface area is 92.7 Å². The topological polar surface area (TPSA) is 17.1 Å². The monoisotopic (exact) mass is 216 g/mol. The Bertz CT molecular complexity index is 512. The van der Waals surface area contributed by atoms with Gasteiger partial charge in [0.25, 0.3) is 0 Å². The first-order valence-corrected chi connectivity index (χ1v) is 6.23. The van der Waals surface area contributed by atoms with Crippen molar-refractivity contribution < 1.29 is 4.79 Å². The summed E-state index contributed by atoms with van der Waals surface area (Å²) in [5.74, 6) is 0.611. The van der Waals surface area contributed by atoms with Gasteiger partial charge in [0.05, 0.1) is 0 Å². The molecule has 2 aromatic rings. The lowest BCUT2D eigenvalue weighted by Gasteiger charge is -2.05. The van der Waals surface area contributed by atoms with E-state index in [0.29, 0.717) is 5.78 Å². The molecule has 15 heavy (non-hydrogen) atoms. The summed E-state index contributed by atoms with van der Waals surface area (Å²) in [4.78, 5) is 11.7. The van der Waals surface area contributed by atoms with Gasteiger partial charge in [-0.2, -0.15) is 0 Å². The third-order valence-electron chi connectivity index (χ3n) is 3.19. The molecule has 1 aliphatic rings. The summed E-state index contributed by atoms with van der Waals surface area (Å²) >= 11 is 1.75. The molecular weight excluding hydrogens is 204 g/mol. The molecule has 0 radical (unpaired) electrons. The van der Waals surface area contributed by atoms with E-state index in [0.717, 1.165) is 19.3 Å². The Morgan fingerprint density at radius 1 is 1.27 bits per heavy atom. The summed E-state index contributed by atoms with van der Waals surface area (Å²) in [5.41, 5.74) is 1.26. The van der Waals surface area contributed by atoms with Crippen LogP contribution < -0.4 is 0 Å². The van der Waals surface area contributed by atoms with Crippen molar-refractivity contribution in [2.75, 3.05) is 0 Å². The van der Waals surface area contributed by atoms with Gasteiger partial charge in [0.2, 0.25) is 0 Å². The molecule has 0 spiro atoms. The summed E-state index contributed by atoms with van der Waals surface area (Å²) < 4.78 is 1.30. The summed E-state index contributed by atoms with van der Waals surface area (Å²) in [6.45, 7) is 0. The Hall–Kier alpha value is -1.15. The van der Waals surface area contributed by atoms with Crippen LogP contribution >= 0.6 is 11.3 Å². The molecule has 1 fully saturated rings. The number of benzene rings is 1. The van der Waals surface area contributed by atoms with E-state index >= 15 is 0 Å². The molecule has 0 amide bonds. The van der Waals surface area contributed by atoms with Crippen LogP contribution in [0.3, 0.4) is 0 Å². The number of rotatable bonds is 1. The Kier molecular flexibility index (Phi) is 2.10. The quantitative estimate of drug-likeness (QED) is 0.709. The molecular formula is C13H12OS. The fraction of sp³-hybridized carbons (Fsp3) is 0.308. The van der Waals surface area contributed by atoms with E-state index in [1.807, 2.05) is 0 Å². The maximum absolute atomic E-state index is 11.7. The van der Waals surface area contributed by atoms with E-state index in [9.17, 15) is 4.79 Å². The average molecular weight is 216 g/mol. The second-order valence-corrected chi connectivity index (χ2v) is 5.01. The van der Waals surface area contributed by atoms with Gasteiger partial charge in [-0.3, -0.25) is 4.79 Å². The fourth-order valence-corrected chi connectivity index (χ4v) is 3.43. The Balaban J connectivity index is 2.14. The first-order valence-electron chi connectivity index (χ1n) is 5.35. The number of hydrogen-bond donors (Lipinski definition) is 0. The van der Waals surface area contributed by atoms with E-state index in [-0.39, 0.29) is 5.92 Å². The highest BCUT2D eigenvalue weighted by molar-refractivity contribution is 7.17. The molecule has 0 saturated heterocycles. The number of carbonyl (C=O) groups is 1. The molecule has 0 bridgehead atoms. The molecule has 76 valence electrons. The molecule has 1 aliphatic carbocycles. The highest BCUT2D eigenvalue weighted by atomic mass is 32.1. The molecule has 0 aliphatic heterocycles. The van der Waals surface area contributed by atoms with Crippen LogP contribution in [0.5, 0.6) is 0 Å². The number of Topliss-reactive ketones (excluding diaryl/α,β-unsaturated/α-hetero) is 1. The lowest BCUT2D eigenvalue weighted by atomic mass is 9.96. The van der Waals surface area contributed by atoms with Crippen LogP contribution in [0.1, 0.15) is 30.7 Å². The zero-order chi connectivity index (χ0) is 10.3. The SMILES string of the molecule is O=C1CCCC1c1csc2ccccc12. The standard InChI is InChI=1S/C13H12OS/c14-12-6-3-5-9(12)11-8-15-13-7-2-1-4-10(11)13/h1-2,4,7-9H,3,5-6H2. The molecule has 1 heterocycles. The maximum atomic E-state index is 11.7. The van der Waals surface area contributed by atoms with Gasteiger partial charge in [-0.15, -0.1) is 11.3 Å². The van der Waals surface area contributed by atoms with E-state index in [2.05, 4.69) is 29.6 Å². The molecule has 1 atom stereocenters. The molecule has 0 N–H and O–H groups in total. The highest BCUT2D eigenvalue weighted by Crippen LogP contribution is 2.38. The molecule has 1 nitrogen and oxygen atoms in total. The van der Waals surface area contributed by atoms with Crippen LogP contribution in [0, 0.1) is 0 Å². The van der Waals surface area contributed by atoms with Gasteiger partial charge in [0.1, 0.15) is 5.78 Å². The summed E-state index contributed by atoms with van der Waals surface area (Å²) in [5, 5.41) is 3.45. The van der Waals surface area contributed by atoms with Crippen molar-refractivity contribution in [2.45, 2.75) is 25.2 Å². The minimum Gasteiger partial charge on any atom is -0.299 e. The van der Waals surface area contributed by atoms with Gasteiger partial charge in [-0.05, 0) is 35.2 Å². The highest BCUT2D eigenvalue weighted by Gasteiger charge is 2.27. The number of ketones is 1. The summed E-state index contributed by atoms with van der Waals surface area (Å²) in [6.07, 6.45) is 2.88. The summed E-state index contributed by atoms with van der Waals surface area (Å²) in [6, 6.07) is 8.37. The van der Waals surface area contributed by atoms with Crippen molar-refractivity contribution in [3.8, 4) is 0 Å². The molecule has 1 unspecified atom stereocenters. The minimum absolute atomic E-state index is 0.182. The number of carbonyl (C=O) groups excluding carboxylic acids is 1. The van der Waals surface area contributed by atoms with Crippen molar-refractivity contribution in [1.82, 2.24) is 0 Å². The van der Waals surface area contributed by atoms with E-state index in [1.165, 1.54) is 15.6 Å². The Morgan fingerprint density at radius 2 is 2.13 bits per heavy atom. The van der Waals surface area contributed by atoms with Crippen molar-refractivity contribution in [3.63, 3.8) is 0 Å². The minimum atomic E-state index is 0.182. The van der Waals surface area contributed by atoms with Gasteiger partial charge in [-0.25, -0.2) is 0 Å². The maximum Gasteiger partial charge on any atom is 0.140 e. The van der Waals surface area contributed by atoms with Crippen LogP contribution in [-0.2, 0) is 4.79 Å². The Morgan fingerprint density at radius 3 is 2.93 bits per heavy atom. The average Bonchev–Trinajstić information content (AvgIpc) is 2.83. The fourth-order valence-electron chi connectivity index (χ4n) is 2.41. The van der Waals surface area contributed by atoms with Crippen molar-refractivity contribution in [1.29, 1.82) is 0 Å². The van der Waals surface area contributed by atoms with E-state index < -0.39 is 0 Å². The smallest absolute Gasteiger partial charge is 0.140 e. The first kappa shape index (κ1) is 9.10. The van der Waals surface area contributed by atoms with E-state index in [4.69, 9.17) is 0 Å². The molecule has 1 saturated carbocycles. The third kappa shape index (κ3) is 1.40. The number of thiophene rings is 1. The zero-order valence-electron chi connectivity index (χ0n) is 8.40. The molecule has 1 aromatic heterocycles. The third-order valence-corrected chi connectivity index (χ3v) is 4.17. The first-order chi connectivity index (χ1) is 7.36. The molecule has 3 rings (SSSR count). The largest absolute Gasteiger partial charge is 0.299 e. The predicted octanol–water partition coefficient (Wildman–Crippen LogP) is 3.74. The lowest BCUT2D eigenvalue weighted by Crippen LogP contribution is -2.02. The van der Waals surface area contributed by atoms with Crippen molar-refractivity contribution in [2.24, 2.45) is 0 Å². The van der Waals surface area contributed by atoms with Crippen molar-refractivity contribution >= 4 is 27.2 Å². The van der Waals surface area contributed by atoms with Gasteiger partial charge < -0.3 is 0 Å². The second kappa shape index (κ2) is 3.46. The van der Waals surface area contributed by atoms with E-state index in [1.54, 1.807) is 11.3 Å². The summed E-state index contributed by atoms with van der Waals surface area (Å²) in [7, 11) is 0. The normalized spacial score (nSPS) is 21.3. The number of fused-ring (bicyclic) bond motifs is 1. The van der Waals surface area contributed by atoms with Gasteiger partial charge in [-0.1, -0.05) is 18.2 Å². The zero-order valence-corrected chi connectivity index (χ0v) is 9.22. The van der Waals surface area contributed by atoms with Gasteiger partial charge >= 0.3 is 0 Å². The van der Waals surface area contributed by atoms with Gasteiger partial charge in [0, 0.05) is 17.0 Å².